The molecule has 1 aromatic heterocycles. The molecule has 0 aliphatic carbocycles. The summed E-state index contributed by atoms with van der Waals surface area (Å²) in [5, 5.41) is 1.92. The number of anilines is 1. The van der Waals surface area contributed by atoms with Crippen LogP contribution in [0.4, 0.5) is 5.82 Å². The molecule has 4 rings (SSSR count). The van der Waals surface area contributed by atoms with Gasteiger partial charge in [0.15, 0.2) is 11.5 Å². The Hall–Kier alpha value is -2.02. The molecule has 0 saturated carbocycles. The number of ether oxygens (including phenoxy) is 2. The van der Waals surface area contributed by atoms with Crippen molar-refractivity contribution in [1.82, 2.24) is 9.27 Å². The molecule has 1 saturated heterocycles. The molecule has 0 radical (unpaired) electrons. The van der Waals surface area contributed by atoms with Gasteiger partial charge in [-0.25, -0.2) is 0 Å². The van der Waals surface area contributed by atoms with E-state index in [1.807, 2.05) is 12.1 Å². The highest BCUT2D eigenvalue weighted by Crippen LogP contribution is 2.31. The molecule has 7 heteroatoms. The lowest BCUT2D eigenvalue weighted by atomic mass is 10.2. The summed E-state index contributed by atoms with van der Waals surface area (Å²) >= 11 is 7.58. The quantitative estimate of drug-likeness (QED) is 0.527. The summed E-state index contributed by atoms with van der Waals surface area (Å²) in [7, 11) is 1.63. The van der Waals surface area contributed by atoms with Crippen molar-refractivity contribution in [3.05, 3.63) is 47.5 Å². The number of aromatic nitrogens is 1. The van der Waals surface area contributed by atoms with Gasteiger partial charge in [0.05, 0.1) is 18.4 Å². The standard InChI is InChI=1S/C21H24ClN3O2S/c1-26-19-15-16(22)7-8-18(19)27-14-4-9-24-10-12-25(13-11-24)21-17-5-2-3-6-20(17)28-23-21/h2-3,5-8,15H,4,9-14H2,1H3. The molecule has 0 N–H and O–H groups in total. The van der Waals surface area contributed by atoms with Gasteiger partial charge in [-0.3, -0.25) is 4.90 Å². The molecule has 0 amide bonds. The number of rotatable bonds is 7. The topological polar surface area (TPSA) is 37.8 Å². The monoisotopic (exact) mass is 417 g/mol. The van der Waals surface area contributed by atoms with Crippen LogP contribution in [0.1, 0.15) is 6.42 Å². The lowest BCUT2D eigenvalue weighted by molar-refractivity contribution is 0.221. The van der Waals surface area contributed by atoms with Crippen molar-refractivity contribution in [3.8, 4) is 11.5 Å². The third-order valence-electron chi connectivity index (χ3n) is 5.03. The Kier molecular flexibility index (Phi) is 6.20. The van der Waals surface area contributed by atoms with Crippen LogP contribution < -0.4 is 14.4 Å². The van der Waals surface area contributed by atoms with Crippen LogP contribution >= 0.6 is 23.1 Å². The second-order valence-corrected chi connectivity index (χ2v) is 8.07. The van der Waals surface area contributed by atoms with Crippen molar-refractivity contribution < 1.29 is 9.47 Å². The van der Waals surface area contributed by atoms with Crippen LogP contribution in [-0.4, -0.2) is 55.7 Å². The van der Waals surface area contributed by atoms with E-state index in [2.05, 4.69) is 38.4 Å². The molecule has 1 aliphatic heterocycles. The van der Waals surface area contributed by atoms with E-state index in [0.29, 0.717) is 17.4 Å². The van der Waals surface area contributed by atoms with E-state index in [4.69, 9.17) is 21.1 Å². The van der Waals surface area contributed by atoms with Crippen molar-refractivity contribution in [3.63, 3.8) is 0 Å². The molecule has 2 heterocycles. The number of methoxy groups -OCH3 is 1. The van der Waals surface area contributed by atoms with Crippen LogP contribution in [0.15, 0.2) is 42.5 Å². The van der Waals surface area contributed by atoms with Crippen LogP contribution in [0.25, 0.3) is 10.1 Å². The van der Waals surface area contributed by atoms with E-state index >= 15 is 0 Å². The van der Waals surface area contributed by atoms with E-state index in [0.717, 1.165) is 50.7 Å². The van der Waals surface area contributed by atoms with Crippen LogP contribution in [0.5, 0.6) is 11.5 Å². The molecule has 3 aromatic rings. The molecule has 148 valence electrons. The van der Waals surface area contributed by atoms with E-state index in [1.54, 1.807) is 24.7 Å². The summed E-state index contributed by atoms with van der Waals surface area (Å²) in [6.07, 6.45) is 0.978. The number of fused-ring (bicyclic) bond motifs is 1. The maximum Gasteiger partial charge on any atom is 0.162 e. The second kappa shape index (κ2) is 8.99. The number of nitrogens with zero attached hydrogens (tertiary/aromatic N) is 3. The molecule has 5 nitrogen and oxygen atoms in total. The molecule has 1 aliphatic rings. The summed E-state index contributed by atoms with van der Waals surface area (Å²) in [6, 6.07) is 13.9. The fraction of sp³-hybridized carbons (Fsp3) is 0.381. The molecule has 0 bridgehead atoms. The fourth-order valence-electron chi connectivity index (χ4n) is 3.51. The Morgan fingerprint density at radius 3 is 2.71 bits per heavy atom. The molecule has 2 aromatic carbocycles. The Morgan fingerprint density at radius 1 is 1.07 bits per heavy atom. The van der Waals surface area contributed by atoms with E-state index in [9.17, 15) is 0 Å². The van der Waals surface area contributed by atoms with Gasteiger partial charge in [-0.1, -0.05) is 23.7 Å². The summed E-state index contributed by atoms with van der Waals surface area (Å²) in [5.41, 5.74) is 0. The van der Waals surface area contributed by atoms with Gasteiger partial charge in [0.1, 0.15) is 5.82 Å². The van der Waals surface area contributed by atoms with Gasteiger partial charge in [0, 0.05) is 49.2 Å². The molecule has 1 fully saturated rings. The van der Waals surface area contributed by atoms with Crippen molar-refractivity contribution in [1.29, 1.82) is 0 Å². The largest absolute Gasteiger partial charge is 0.493 e. The number of hydrogen-bond acceptors (Lipinski definition) is 6. The normalized spacial score (nSPS) is 15.1. The zero-order valence-electron chi connectivity index (χ0n) is 15.9. The highest BCUT2D eigenvalue weighted by atomic mass is 35.5. The summed E-state index contributed by atoms with van der Waals surface area (Å²) in [5.74, 6) is 2.56. The van der Waals surface area contributed by atoms with Crippen molar-refractivity contribution in [2.24, 2.45) is 0 Å². The average molecular weight is 418 g/mol. The van der Waals surface area contributed by atoms with Gasteiger partial charge >= 0.3 is 0 Å². The number of hydrogen-bond donors (Lipinski definition) is 0. The minimum Gasteiger partial charge on any atom is -0.493 e. The lowest BCUT2D eigenvalue weighted by Crippen LogP contribution is -2.47. The minimum absolute atomic E-state index is 0.648. The highest BCUT2D eigenvalue weighted by Gasteiger charge is 2.20. The average Bonchev–Trinajstić information content (AvgIpc) is 3.16. The van der Waals surface area contributed by atoms with E-state index in [-0.39, 0.29) is 0 Å². The first-order valence-electron chi connectivity index (χ1n) is 9.52. The summed E-state index contributed by atoms with van der Waals surface area (Å²) in [6.45, 7) is 5.82. The molecular formula is C21H24ClN3O2S. The minimum atomic E-state index is 0.648. The SMILES string of the molecule is COc1cc(Cl)ccc1OCCCN1CCN(c2nsc3ccccc23)CC1. The second-order valence-electron chi connectivity index (χ2n) is 6.83. The number of halogens is 1. The van der Waals surface area contributed by atoms with Gasteiger partial charge in [-0.05, 0) is 42.2 Å². The predicted octanol–water partition coefficient (Wildman–Crippen LogP) is 4.55. The highest BCUT2D eigenvalue weighted by molar-refractivity contribution is 7.13. The van der Waals surface area contributed by atoms with Crippen molar-refractivity contribution in [2.45, 2.75) is 6.42 Å². The van der Waals surface area contributed by atoms with E-state index < -0.39 is 0 Å². The van der Waals surface area contributed by atoms with E-state index in [1.165, 1.54) is 10.1 Å². The molecule has 0 unspecified atom stereocenters. The van der Waals surface area contributed by atoms with Gasteiger partial charge in [-0.15, -0.1) is 0 Å². The van der Waals surface area contributed by atoms with Crippen LogP contribution in [0, 0.1) is 0 Å². The fourth-order valence-corrected chi connectivity index (χ4v) is 4.47. The smallest absolute Gasteiger partial charge is 0.162 e. The lowest BCUT2D eigenvalue weighted by Gasteiger charge is -2.35. The number of piperazine rings is 1. The molecule has 0 atom stereocenters. The zero-order chi connectivity index (χ0) is 19.3. The van der Waals surface area contributed by atoms with Gasteiger partial charge in [0.2, 0.25) is 0 Å². The number of benzene rings is 2. The first kappa shape index (κ1) is 19.3. The Balaban J connectivity index is 1.23. The first-order valence-corrected chi connectivity index (χ1v) is 10.7. The molecular weight excluding hydrogens is 394 g/mol. The maximum absolute atomic E-state index is 5.99. The molecule has 0 spiro atoms. The Morgan fingerprint density at radius 2 is 1.89 bits per heavy atom. The van der Waals surface area contributed by atoms with Crippen LogP contribution in [0.3, 0.4) is 0 Å². The van der Waals surface area contributed by atoms with Crippen molar-refractivity contribution >= 4 is 39.0 Å². The predicted molar refractivity (Wildman–Crippen MR) is 116 cm³/mol. The first-order chi connectivity index (χ1) is 13.7. The summed E-state index contributed by atoms with van der Waals surface area (Å²) in [4.78, 5) is 4.90. The zero-order valence-corrected chi connectivity index (χ0v) is 17.5. The van der Waals surface area contributed by atoms with Crippen LogP contribution in [0.2, 0.25) is 5.02 Å². The Bertz CT molecular complexity index is 925. The van der Waals surface area contributed by atoms with Crippen molar-refractivity contribution in [2.75, 3.05) is 51.3 Å². The third-order valence-corrected chi connectivity index (χ3v) is 6.08. The van der Waals surface area contributed by atoms with Crippen LogP contribution in [-0.2, 0) is 0 Å². The summed E-state index contributed by atoms with van der Waals surface area (Å²) < 4.78 is 17.1. The Labute approximate surface area is 174 Å². The maximum atomic E-state index is 5.99. The van der Waals surface area contributed by atoms with Gasteiger partial charge in [0.25, 0.3) is 0 Å². The van der Waals surface area contributed by atoms with Gasteiger partial charge in [-0.2, -0.15) is 4.37 Å². The third kappa shape index (κ3) is 4.35. The van der Waals surface area contributed by atoms with Gasteiger partial charge < -0.3 is 14.4 Å². The molecule has 28 heavy (non-hydrogen) atoms.